The molecule has 2 atom stereocenters. The van der Waals surface area contributed by atoms with E-state index in [0.29, 0.717) is 29.3 Å². The van der Waals surface area contributed by atoms with Crippen LogP contribution in [0.3, 0.4) is 0 Å². The first-order chi connectivity index (χ1) is 18.0. The van der Waals surface area contributed by atoms with Crippen molar-refractivity contribution < 1.29 is 22.7 Å². The normalized spacial score (nSPS) is 21.8. The van der Waals surface area contributed by atoms with Gasteiger partial charge in [-0.25, -0.2) is 18.2 Å². The third-order valence-electron chi connectivity index (χ3n) is 7.43. The number of nitrogens with zero attached hydrogens (tertiary/aromatic N) is 1. The molecule has 2 aliphatic rings. The number of ether oxygens (including phenoxy) is 1. The van der Waals surface area contributed by atoms with Crippen LogP contribution in [0.5, 0.6) is 0 Å². The van der Waals surface area contributed by atoms with Gasteiger partial charge in [-0.05, 0) is 65.3 Å². The highest BCUT2D eigenvalue weighted by Gasteiger charge is 2.36. The van der Waals surface area contributed by atoms with E-state index in [2.05, 4.69) is 38.2 Å². The molecule has 0 radical (unpaired) electrons. The van der Waals surface area contributed by atoms with Gasteiger partial charge in [0.1, 0.15) is 0 Å². The second-order valence-electron chi connectivity index (χ2n) is 11.2. The molecule has 2 unspecified atom stereocenters. The van der Waals surface area contributed by atoms with E-state index in [1.807, 2.05) is 35.7 Å². The van der Waals surface area contributed by atoms with E-state index in [1.165, 1.54) is 0 Å². The number of benzene rings is 1. The monoisotopic (exact) mass is 552 g/mol. The quantitative estimate of drug-likeness (QED) is 0.452. The molecular formula is C29H32N2O5S2. The van der Waals surface area contributed by atoms with Crippen molar-refractivity contribution in [3.8, 4) is 0 Å². The van der Waals surface area contributed by atoms with Crippen LogP contribution in [0.25, 0.3) is 22.6 Å². The number of rotatable bonds is 5. The van der Waals surface area contributed by atoms with Crippen molar-refractivity contribution in [1.82, 2.24) is 10.3 Å². The molecule has 200 valence electrons. The molecule has 2 aromatic heterocycles. The number of hydrogen-bond donors (Lipinski definition) is 1. The number of nitrogens with one attached hydrogen (secondary N) is 1. The average molecular weight is 553 g/mol. The van der Waals surface area contributed by atoms with Crippen LogP contribution in [0, 0.1) is 11.3 Å². The highest BCUT2D eigenvalue weighted by Crippen LogP contribution is 2.45. The topological polar surface area (TPSA) is 102 Å². The Bertz CT molecular complexity index is 1520. The van der Waals surface area contributed by atoms with Crippen molar-refractivity contribution in [1.29, 1.82) is 0 Å². The first kappa shape index (κ1) is 26.6. The molecule has 1 aliphatic heterocycles. The number of hydrogen-bond acceptors (Lipinski definition) is 7. The van der Waals surface area contributed by atoms with Gasteiger partial charge in [0.2, 0.25) is 0 Å². The number of esters is 1. The van der Waals surface area contributed by atoms with Crippen LogP contribution in [-0.2, 0) is 25.8 Å². The first-order valence-corrected chi connectivity index (χ1v) is 15.5. The van der Waals surface area contributed by atoms with Crippen LogP contribution in [0.15, 0.2) is 41.8 Å². The molecule has 0 saturated carbocycles. The summed E-state index contributed by atoms with van der Waals surface area (Å²) >= 11 is 1.66. The molecule has 1 aliphatic carbocycles. The van der Waals surface area contributed by atoms with Gasteiger partial charge in [-0.3, -0.25) is 4.79 Å². The Morgan fingerprint density at radius 1 is 1.16 bits per heavy atom. The lowest BCUT2D eigenvalue weighted by atomic mass is 9.69. The lowest BCUT2D eigenvalue weighted by Gasteiger charge is -2.36. The van der Waals surface area contributed by atoms with Gasteiger partial charge in [0.15, 0.2) is 16.4 Å². The van der Waals surface area contributed by atoms with Crippen molar-refractivity contribution in [2.45, 2.75) is 46.1 Å². The lowest BCUT2D eigenvalue weighted by Crippen LogP contribution is -2.38. The summed E-state index contributed by atoms with van der Waals surface area (Å²) < 4.78 is 29.0. The standard InChI is InChI=1S/C29H32N2O5S2/c1-29(2,3)19-13-18(14-21-7-6-11-37-21)27-23(15-19)26(22-8-4-5-9-24(22)31-27)28(33)36-16-25(32)30-20-10-12-38(34,35)17-20/h4-9,11,14,19-20H,10,12-13,15-17H2,1-3H3,(H,30,32)/b18-14-. The second kappa shape index (κ2) is 10.3. The molecule has 1 amide bonds. The van der Waals surface area contributed by atoms with Gasteiger partial charge in [-0.1, -0.05) is 45.0 Å². The van der Waals surface area contributed by atoms with Gasteiger partial charge in [0.25, 0.3) is 5.91 Å². The van der Waals surface area contributed by atoms with Crippen LogP contribution in [-0.4, -0.2) is 49.4 Å². The van der Waals surface area contributed by atoms with E-state index in [-0.39, 0.29) is 22.8 Å². The molecule has 9 heteroatoms. The Labute approximate surface area is 227 Å². The highest BCUT2D eigenvalue weighted by molar-refractivity contribution is 7.91. The zero-order valence-corrected chi connectivity index (χ0v) is 23.5. The van der Waals surface area contributed by atoms with E-state index >= 15 is 0 Å². The summed E-state index contributed by atoms with van der Waals surface area (Å²) in [6.07, 6.45) is 4.06. The summed E-state index contributed by atoms with van der Waals surface area (Å²) in [5.41, 5.74) is 3.90. The highest BCUT2D eigenvalue weighted by atomic mass is 32.2. The second-order valence-corrected chi connectivity index (χ2v) is 14.4. The fourth-order valence-corrected chi connectivity index (χ4v) is 7.65. The Kier molecular flexibility index (Phi) is 7.17. The van der Waals surface area contributed by atoms with E-state index in [1.54, 1.807) is 11.3 Å². The van der Waals surface area contributed by atoms with Crippen molar-refractivity contribution in [3.05, 3.63) is 63.5 Å². The van der Waals surface area contributed by atoms with Crippen molar-refractivity contribution in [2.75, 3.05) is 18.1 Å². The Balaban J connectivity index is 1.50. The SMILES string of the molecule is CC(C)(C)C1C/C(=C/c2cccs2)c2nc3ccccc3c(C(=O)OCC(=O)NC3CCS(=O)(=O)C3)c2C1. The third kappa shape index (κ3) is 5.68. The Morgan fingerprint density at radius 2 is 1.95 bits per heavy atom. The molecule has 1 N–H and O–H groups in total. The van der Waals surface area contributed by atoms with E-state index in [0.717, 1.165) is 28.1 Å². The summed E-state index contributed by atoms with van der Waals surface area (Å²) in [5, 5.41) is 5.42. The zero-order valence-electron chi connectivity index (χ0n) is 21.8. The number of carbonyl (C=O) groups excluding carboxylic acids is 2. The number of aromatic nitrogens is 1. The van der Waals surface area contributed by atoms with Gasteiger partial charge in [0.05, 0.1) is 28.3 Å². The van der Waals surface area contributed by atoms with Crippen LogP contribution < -0.4 is 5.32 Å². The van der Waals surface area contributed by atoms with Gasteiger partial charge in [-0.15, -0.1) is 11.3 Å². The maximum Gasteiger partial charge on any atom is 0.339 e. The van der Waals surface area contributed by atoms with Gasteiger partial charge < -0.3 is 10.1 Å². The Hall–Kier alpha value is -3.04. The number of para-hydroxylation sites is 1. The first-order valence-electron chi connectivity index (χ1n) is 12.8. The lowest BCUT2D eigenvalue weighted by molar-refractivity contribution is -0.124. The molecule has 0 bridgehead atoms. The number of allylic oxidation sites excluding steroid dienone is 1. The molecule has 0 spiro atoms. The van der Waals surface area contributed by atoms with E-state index in [9.17, 15) is 18.0 Å². The zero-order chi connectivity index (χ0) is 27.1. The summed E-state index contributed by atoms with van der Waals surface area (Å²) in [6.45, 7) is 6.17. The van der Waals surface area contributed by atoms with E-state index in [4.69, 9.17) is 9.72 Å². The van der Waals surface area contributed by atoms with Crippen LogP contribution >= 0.6 is 11.3 Å². The number of sulfone groups is 1. The molecular weight excluding hydrogens is 520 g/mol. The Morgan fingerprint density at radius 3 is 2.63 bits per heavy atom. The number of thiophene rings is 1. The molecule has 1 saturated heterocycles. The number of fused-ring (bicyclic) bond motifs is 2. The molecule has 1 aromatic carbocycles. The molecule has 3 aromatic rings. The third-order valence-corrected chi connectivity index (χ3v) is 10.0. The number of pyridine rings is 1. The van der Waals surface area contributed by atoms with Crippen molar-refractivity contribution in [2.24, 2.45) is 11.3 Å². The number of carbonyl (C=O) groups is 2. The molecule has 38 heavy (non-hydrogen) atoms. The minimum absolute atomic E-state index is 0.000550. The molecule has 3 heterocycles. The summed E-state index contributed by atoms with van der Waals surface area (Å²) in [6, 6.07) is 11.2. The van der Waals surface area contributed by atoms with Gasteiger partial charge in [0, 0.05) is 16.3 Å². The maximum absolute atomic E-state index is 13.6. The van der Waals surface area contributed by atoms with Gasteiger partial charge >= 0.3 is 5.97 Å². The molecule has 7 nitrogen and oxygen atoms in total. The smallest absolute Gasteiger partial charge is 0.339 e. The predicted molar refractivity (Wildman–Crippen MR) is 151 cm³/mol. The van der Waals surface area contributed by atoms with Gasteiger partial charge in [-0.2, -0.15) is 0 Å². The molecule has 1 fully saturated rings. The van der Waals surface area contributed by atoms with Crippen molar-refractivity contribution in [3.63, 3.8) is 0 Å². The predicted octanol–water partition coefficient (Wildman–Crippen LogP) is 4.91. The summed E-state index contributed by atoms with van der Waals surface area (Å²) in [5.74, 6) is -0.813. The largest absolute Gasteiger partial charge is 0.452 e. The maximum atomic E-state index is 13.6. The number of amides is 1. The van der Waals surface area contributed by atoms with Crippen LogP contribution in [0.4, 0.5) is 0 Å². The summed E-state index contributed by atoms with van der Waals surface area (Å²) in [7, 11) is -3.13. The minimum atomic E-state index is -3.13. The molecule has 5 rings (SSSR count). The van der Waals surface area contributed by atoms with E-state index < -0.39 is 34.4 Å². The van der Waals surface area contributed by atoms with Crippen LogP contribution in [0.2, 0.25) is 0 Å². The summed E-state index contributed by atoms with van der Waals surface area (Å²) in [4.78, 5) is 32.3. The van der Waals surface area contributed by atoms with Crippen LogP contribution in [0.1, 0.15) is 60.1 Å². The average Bonchev–Trinajstić information content (AvgIpc) is 3.49. The fraction of sp³-hybridized carbons (Fsp3) is 0.414. The van der Waals surface area contributed by atoms with Crippen molar-refractivity contribution >= 4 is 55.6 Å². The fourth-order valence-electron chi connectivity index (χ4n) is 5.30. The minimum Gasteiger partial charge on any atom is -0.452 e.